The van der Waals surface area contributed by atoms with Crippen molar-refractivity contribution in [2.75, 3.05) is 19.0 Å². The molecule has 2 aromatic heterocycles. The van der Waals surface area contributed by atoms with Crippen LogP contribution < -0.4 is 14.8 Å². The van der Waals surface area contributed by atoms with Crippen molar-refractivity contribution in [1.29, 1.82) is 0 Å². The predicted molar refractivity (Wildman–Crippen MR) is 108 cm³/mol. The van der Waals surface area contributed by atoms with Gasteiger partial charge in [-0.1, -0.05) is 6.92 Å². The largest absolute Gasteiger partial charge is 0.493 e. The molecule has 2 heterocycles. The van der Waals surface area contributed by atoms with Crippen LogP contribution in [0, 0.1) is 11.8 Å². The van der Waals surface area contributed by atoms with E-state index in [9.17, 15) is 0 Å². The first-order chi connectivity index (χ1) is 13.7. The van der Waals surface area contributed by atoms with Crippen molar-refractivity contribution in [3.63, 3.8) is 0 Å². The van der Waals surface area contributed by atoms with Crippen molar-refractivity contribution in [3.8, 4) is 17.4 Å². The fraction of sp³-hybridized carbons (Fsp3) is 0.409. The summed E-state index contributed by atoms with van der Waals surface area (Å²) in [5.41, 5.74) is 4.71. The second kappa shape index (κ2) is 6.93. The van der Waals surface area contributed by atoms with Crippen LogP contribution in [-0.4, -0.2) is 28.8 Å². The summed E-state index contributed by atoms with van der Waals surface area (Å²) < 4.78 is 11.6. The minimum absolute atomic E-state index is 0.432. The van der Waals surface area contributed by atoms with Gasteiger partial charge in [0.2, 0.25) is 5.88 Å². The molecule has 0 aliphatic heterocycles. The van der Waals surface area contributed by atoms with E-state index in [0.717, 1.165) is 36.2 Å². The Labute approximate surface area is 164 Å². The number of hydrogen-bond acceptors (Lipinski definition) is 6. The number of nitrogens with one attached hydrogen (secondary N) is 1. The lowest BCUT2D eigenvalue weighted by molar-refractivity contribution is 0.373. The van der Waals surface area contributed by atoms with Gasteiger partial charge in [-0.15, -0.1) is 5.10 Å². The number of anilines is 1. The lowest BCUT2D eigenvalue weighted by Gasteiger charge is -2.17. The molecule has 0 saturated heterocycles. The van der Waals surface area contributed by atoms with Gasteiger partial charge in [0.25, 0.3) is 0 Å². The van der Waals surface area contributed by atoms with Crippen molar-refractivity contribution in [2.45, 2.75) is 32.6 Å². The molecular formula is C22H24N4O2. The fourth-order valence-electron chi connectivity index (χ4n) is 3.97. The summed E-state index contributed by atoms with van der Waals surface area (Å²) in [6, 6.07) is 7.56. The van der Waals surface area contributed by atoms with E-state index >= 15 is 0 Å². The summed E-state index contributed by atoms with van der Waals surface area (Å²) in [5.74, 6) is 3.13. The second-order valence-corrected chi connectivity index (χ2v) is 7.93. The van der Waals surface area contributed by atoms with Gasteiger partial charge in [-0.2, -0.15) is 5.10 Å². The van der Waals surface area contributed by atoms with Crippen LogP contribution >= 0.6 is 0 Å². The first-order valence-corrected chi connectivity index (χ1v) is 9.94. The van der Waals surface area contributed by atoms with E-state index in [0.29, 0.717) is 23.3 Å². The van der Waals surface area contributed by atoms with E-state index < -0.39 is 0 Å². The lowest BCUT2D eigenvalue weighted by atomic mass is 10.0. The maximum Gasteiger partial charge on any atom is 0.239 e. The summed E-state index contributed by atoms with van der Waals surface area (Å²) in [4.78, 5) is 4.98. The van der Waals surface area contributed by atoms with Crippen LogP contribution in [0.3, 0.4) is 0 Å². The van der Waals surface area contributed by atoms with Gasteiger partial charge in [-0.05, 0) is 55.2 Å². The summed E-state index contributed by atoms with van der Waals surface area (Å²) in [7, 11) is 1.66. The molecule has 1 atom stereocenters. The number of benzene rings is 1. The zero-order chi connectivity index (χ0) is 19.1. The molecule has 28 heavy (non-hydrogen) atoms. The molecule has 1 fully saturated rings. The molecule has 2 aliphatic carbocycles. The number of methoxy groups -OCH3 is 1. The summed E-state index contributed by atoms with van der Waals surface area (Å²) >= 11 is 0. The van der Waals surface area contributed by atoms with Crippen molar-refractivity contribution < 1.29 is 9.47 Å². The Balaban J connectivity index is 1.61. The van der Waals surface area contributed by atoms with E-state index in [4.69, 9.17) is 14.5 Å². The van der Waals surface area contributed by atoms with Crippen LogP contribution in [0.4, 0.5) is 5.69 Å². The van der Waals surface area contributed by atoms with E-state index in [1.165, 1.54) is 29.8 Å². The van der Waals surface area contributed by atoms with Crippen molar-refractivity contribution in [2.24, 2.45) is 11.8 Å². The zero-order valence-electron chi connectivity index (χ0n) is 16.2. The average Bonchev–Trinajstić information content (AvgIpc) is 3.45. The number of fused-ring (bicyclic) bond motifs is 2. The number of pyridine rings is 1. The highest BCUT2D eigenvalue weighted by atomic mass is 16.5. The van der Waals surface area contributed by atoms with E-state index in [1.54, 1.807) is 25.4 Å². The zero-order valence-corrected chi connectivity index (χ0v) is 16.2. The minimum atomic E-state index is 0.432. The third-order valence-corrected chi connectivity index (χ3v) is 5.58. The molecule has 2 aliphatic rings. The number of nitrogens with zero attached hydrogens (tertiary/aromatic N) is 3. The highest BCUT2D eigenvalue weighted by Crippen LogP contribution is 2.42. The van der Waals surface area contributed by atoms with Crippen molar-refractivity contribution in [1.82, 2.24) is 15.2 Å². The van der Waals surface area contributed by atoms with Crippen molar-refractivity contribution in [3.05, 3.63) is 41.7 Å². The van der Waals surface area contributed by atoms with Gasteiger partial charge >= 0.3 is 0 Å². The Kier molecular flexibility index (Phi) is 4.26. The van der Waals surface area contributed by atoms with Gasteiger partial charge in [0, 0.05) is 41.6 Å². The Hall–Kier alpha value is -2.89. The predicted octanol–water partition coefficient (Wildman–Crippen LogP) is 4.38. The van der Waals surface area contributed by atoms with Crippen LogP contribution in [0.2, 0.25) is 0 Å². The van der Waals surface area contributed by atoms with Crippen LogP contribution in [0.25, 0.3) is 10.9 Å². The molecule has 1 N–H and O–H groups in total. The molecule has 6 heteroatoms. The highest BCUT2D eigenvalue weighted by Gasteiger charge is 2.27. The monoisotopic (exact) mass is 376 g/mol. The number of rotatable bonds is 6. The molecule has 0 spiro atoms. The van der Waals surface area contributed by atoms with Crippen LogP contribution in [0.1, 0.15) is 31.0 Å². The molecular weight excluding hydrogens is 352 g/mol. The van der Waals surface area contributed by atoms with E-state index in [-0.39, 0.29) is 0 Å². The summed E-state index contributed by atoms with van der Waals surface area (Å²) in [5, 5.41) is 12.7. The van der Waals surface area contributed by atoms with Gasteiger partial charge in [0.05, 0.1) is 12.6 Å². The summed E-state index contributed by atoms with van der Waals surface area (Å²) in [6.45, 7) is 3.32. The average molecular weight is 376 g/mol. The van der Waals surface area contributed by atoms with Gasteiger partial charge in [0.1, 0.15) is 0 Å². The van der Waals surface area contributed by atoms with Crippen LogP contribution in [-0.2, 0) is 12.8 Å². The SMILES string of the molecule is COc1cc2c(NCC3CC3)c3c(nc2cc1Oc1cccnn1)CC(C)C3. The number of hydrogen-bond donors (Lipinski definition) is 1. The molecule has 1 unspecified atom stereocenters. The first kappa shape index (κ1) is 17.2. The van der Waals surface area contributed by atoms with Crippen molar-refractivity contribution >= 4 is 16.6 Å². The van der Waals surface area contributed by atoms with Crippen LogP contribution in [0.15, 0.2) is 30.5 Å². The Morgan fingerprint density at radius 1 is 1.18 bits per heavy atom. The third kappa shape index (κ3) is 3.23. The van der Waals surface area contributed by atoms with E-state index in [2.05, 4.69) is 22.4 Å². The summed E-state index contributed by atoms with van der Waals surface area (Å²) in [6.07, 6.45) is 6.37. The topological polar surface area (TPSA) is 69.2 Å². The maximum absolute atomic E-state index is 5.94. The van der Waals surface area contributed by atoms with Crippen LogP contribution in [0.5, 0.6) is 17.4 Å². The van der Waals surface area contributed by atoms with Gasteiger partial charge in [-0.25, -0.2) is 0 Å². The second-order valence-electron chi connectivity index (χ2n) is 7.93. The van der Waals surface area contributed by atoms with Gasteiger partial charge in [0.15, 0.2) is 11.5 Å². The molecule has 0 radical (unpaired) electrons. The minimum Gasteiger partial charge on any atom is -0.493 e. The lowest BCUT2D eigenvalue weighted by Crippen LogP contribution is -2.08. The number of aromatic nitrogens is 3. The molecule has 1 saturated carbocycles. The highest BCUT2D eigenvalue weighted by molar-refractivity contribution is 5.96. The fourth-order valence-corrected chi connectivity index (χ4v) is 3.97. The molecule has 6 nitrogen and oxygen atoms in total. The van der Waals surface area contributed by atoms with Gasteiger partial charge in [-0.3, -0.25) is 4.98 Å². The molecule has 0 bridgehead atoms. The third-order valence-electron chi connectivity index (χ3n) is 5.58. The maximum atomic E-state index is 5.94. The Bertz CT molecular complexity index is 1020. The molecule has 144 valence electrons. The Morgan fingerprint density at radius 3 is 2.82 bits per heavy atom. The van der Waals surface area contributed by atoms with E-state index in [1.807, 2.05) is 12.1 Å². The molecule has 0 amide bonds. The normalized spacial score (nSPS) is 18.1. The number of ether oxygens (including phenoxy) is 2. The smallest absolute Gasteiger partial charge is 0.239 e. The Morgan fingerprint density at radius 2 is 2.07 bits per heavy atom. The standard InChI is InChI=1S/C22H24N4O2/c1-13-8-15-17(9-13)25-18-11-20(28-21-4-3-7-24-26-21)19(27-2)10-16(18)22(15)23-12-14-5-6-14/h3-4,7,10-11,13-14H,5-6,8-9,12H2,1-2H3,(H,23,25). The molecule has 3 aromatic rings. The first-order valence-electron chi connectivity index (χ1n) is 9.94. The quantitative estimate of drug-likeness (QED) is 0.688. The van der Waals surface area contributed by atoms with Gasteiger partial charge < -0.3 is 14.8 Å². The molecule has 1 aromatic carbocycles. The molecule has 5 rings (SSSR count).